The van der Waals surface area contributed by atoms with Crippen molar-refractivity contribution in [3.8, 4) is 0 Å². The summed E-state index contributed by atoms with van der Waals surface area (Å²) in [6.45, 7) is 1.76. The molecule has 0 rings (SSSR count). The van der Waals surface area contributed by atoms with E-state index in [0.29, 0.717) is 6.42 Å². The maximum Gasteiger partial charge on any atom is 0.196 e. The maximum absolute atomic E-state index is 10.7. The number of rotatable bonds is 4. The minimum atomic E-state index is -2.67. The molecule has 4 nitrogen and oxygen atoms in total. The Kier molecular flexibility index (Phi) is 4.52. The van der Waals surface area contributed by atoms with Crippen LogP contribution >= 0.6 is 8.03 Å². The lowest BCUT2D eigenvalue weighted by atomic mass is 10.2. The summed E-state index contributed by atoms with van der Waals surface area (Å²) >= 11 is 0. The molecule has 0 fully saturated rings. The molecule has 0 aliphatic heterocycles. The van der Waals surface area contributed by atoms with E-state index in [0.717, 1.165) is 0 Å². The van der Waals surface area contributed by atoms with Gasteiger partial charge in [-0.2, -0.15) is 0 Å². The molecule has 0 amide bonds. The maximum atomic E-state index is 10.7. The SMILES string of the molecule is CC[C@H](N)C(=O)C[PH](=O)O. The molecule has 1 unspecified atom stereocenters. The van der Waals surface area contributed by atoms with E-state index < -0.39 is 14.1 Å². The van der Waals surface area contributed by atoms with Crippen LogP contribution in [0.1, 0.15) is 13.3 Å². The minimum Gasteiger partial charge on any atom is -0.346 e. The van der Waals surface area contributed by atoms with E-state index in [-0.39, 0.29) is 11.9 Å². The van der Waals surface area contributed by atoms with Gasteiger partial charge in [-0.3, -0.25) is 9.36 Å². The van der Waals surface area contributed by atoms with Crippen LogP contribution in [0.5, 0.6) is 0 Å². The van der Waals surface area contributed by atoms with Gasteiger partial charge in [0.25, 0.3) is 0 Å². The molecular weight excluding hydrogens is 153 g/mol. The quantitative estimate of drug-likeness (QED) is 0.563. The second kappa shape index (κ2) is 4.61. The van der Waals surface area contributed by atoms with Crippen LogP contribution in [0.2, 0.25) is 0 Å². The first-order chi connectivity index (χ1) is 4.57. The number of nitrogens with two attached hydrogens (primary N) is 1. The Hall–Kier alpha value is -0.180. The third-order valence-corrected chi connectivity index (χ3v) is 1.83. The van der Waals surface area contributed by atoms with Crippen LogP contribution in [0.25, 0.3) is 0 Å². The van der Waals surface area contributed by atoms with Crippen molar-refractivity contribution in [2.45, 2.75) is 19.4 Å². The van der Waals surface area contributed by atoms with Gasteiger partial charge in [0, 0.05) is 0 Å². The number of carbonyl (C=O) groups is 1. The Labute approximate surface area is 60.3 Å². The van der Waals surface area contributed by atoms with Crippen LogP contribution in [-0.4, -0.2) is 22.9 Å². The Morgan fingerprint density at radius 1 is 1.80 bits per heavy atom. The fourth-order valence-electron chi connectivity index (χ4n) is 0.508. The van der Waals surface area contributed by atoms with E-state index in [9.17, 15) is 9.36 Å². The van der Waals surface area contributed by atoms with E-state index in [2.05, 4.69) is 0 Å². The Bertz CT molecular complexity index is 148. The van der Waals surface area contributed by atoms with Crippen molar-refractivity contribution in [3.05, 3.63) is 0 Å². The number of carbonyl (C=O) groups excluding carboxylic acids is 1. The molecule has 0 radical (unpaired) electrons. The summed E-state index contributed by atoms with van der Waals surface area (Å²) in [6, 6.07) is -0.568. The monoisotopic (exact) mass is 165 g/mol. The summed E-state index contributed by atoms with van der Waals surface area (Å²) in [5.41, 5.74) is 5.28. The molecule has 0 aromatic rings. The van der Waals surface area contributed by atoms with E-state index in [1.165, 1.54) is 0 Å². The fourth-order valence-corrected chi connectivity index (χ4v) is 1.07. The summed E-state index contributed by atoms with van der Waals surface area (Å²) in [4.78, 5) is 19.1. The van der Waals surface area contributed by atoms with Gasteiger partial charge in [-0.15, -0.1) is 0 Å². The first-order valence-electron chi connectivity index (χ1n) is 3.08. The summed E-state index contributed by atoms with van der Waals surface area (Å²) in [5.74, 6) is -0.325. The molecule has 0 bridgehead atoms. The molecule has 5 heteroatoms. The highest BCUT2D eigenvalue weighted by atomic mass is 31.1. The summed E-state index contributed by atoms with van der Waals surface area (Å²) in [6.07, 6.45) is 0.244. The van der Waals surface area contributed by atoms with Gasteiger partial charge in [0.1, 0.15) is 0 Å². The molecule has 0 spiro atoms. The molecular formula is C5H12NO3P. The molecule has 60 valence electrons. The lowest BCUT2D eigenvalue weighted by Crippen LogP contribution is -2.30. The second-order valence-electron chi connectivity index (χ2n) is 2.05. The minimum absolute atomic E-state index is 0.278. The predicted molar refractivity (Wildman–Crippen MR) is 39.4 cm³/mol. The summed E-state index contributed by atoms with van der Waals surface area (Å²) < 4.78 is 10.1. The van der Waals surface area contributed by atoms with Gasteiger partial charge in [0.15, 0.2) is 13.8 Å². The lowest BCUT2D eigenvalue weighted by molar-refractivity contribution is -0.118. The van der Waals surface area contributed by atoms with E-state index in [1.807, 2.05) is 0 Å². The van der Waals surface area contributed by atoms with Gasteiger partial charge in [-0.05, 0) is 6.42 Å². The van der Waals surface area contributed by atoms with Crippen LogP contribution in [-0.2, 0) is 9.36 Å². The normalized spacial score (nSPS) is 16.3. The highest BCUT2D eigenvalue weighted by Gasteiger charge is 2.12. The molecule has 0 heterocycles. The summed E-state index contributed by atoms with van der Waals surface area (Å²) in [7, 11) is -2.67. The van der Waals surface area contributed by atoms with E-state index in [1.54, 1.807) is 6.92 Å². The zero-order valence-corrected chi connectivity index (χ0v) is 6.83. The molecule has 3 N–H and O–H groups in total. The van der Waals surface area contributed by atoms with Crippen LogP contribution in [0.15, 0.2) is 0 Å². The average Bonchev–Trinajstić information content (AvgIpc) is 1.85. The van der Waals surface area contributed by atoms with Crippen molar-refractivity contribution >= 4 is 13.8 Å². The van der Waals surface area contributed by atoms with Gasteiger partial charge in [0.2, 0.25) is 0 Å². The topological polar surface area (TPSA) is 80.4 Å². The largest absolute Gasteiger partial charge is 0.346 e. The molecule has 0 aliphatic carbocycles. The smallest absolute Gasteiger partial charge is 0.196 e. The number of hydrogen-bond acceptors (Lipinski definition) is 3. The molecule has 10 heavy (non-hydrogen) atoms. The third-order valence-electron chi connectivity index (χ3n) is 1.18. The van der Waals surface area contributed by atoms with Gasteiger partial charge < -0.3 is 10.6 Å². The molecule has 0 aromatic carbocycles. The van der Waals surface area contributed by atoms with Gasteiger partial charge in [-0.1, -0.05) is 6.92 Å². The third kappa shape index (κ3) is 3.77. The predicted octanol–water partition coefficient (Wildman–Crippen LogP) is -0.240. The number of ketones is 1. The number of hydrogen-bond donors (Lipinski definition) is 2. The zero-order chi connectivity index (χ0) is 8.15. The average molecular weight is 165 g/mol. The van der Waals surface area contributed by atoms with Crippen molar-refractivity contribution in [2.75, 3.05) is 6.16 Å². The second-order valence-corrected chi connectivity index (χ2v) is 3.19. The van der Waals surface area contributed by atoms with Crippen LogP contribution in [0.3, 0.4) is 0 Å². The lowest BCUT2D eigenvalue weighted by Gasteiger charge is -2.03. The van der Waals surface area contributed by atoms with E-state index in [4.69, 9.17) is 10.6 Å². The van der Waals surface area contributed by atoms with Crippen LogP contribution in [0.4, 0.5) is 0 Å². The molecule has 0 aliphatic rings. The van der Waals surface area contributed by atoms with Gasteiger partial charge in [-0.25, -0.2) is 0 Å². The van der Waals surface area contributed by atoms with Crippen LogP contribution in [0, 0.1) is 0 Å². The Morgan fingerprint density at radius 3 is 2.60 bits per heavy atom. The summed E-state index contributed by atoms with van der Waals surface area (Å²) in [5, 5.41) is 0. The van der Waals surface area contributed by atoms with Crippen molar-refractivity contribution in [1.82, 2.24) is 0 Å². The first-order valence-corrected chi connectivity index (χ1v) is 4.64. The van der Waals surface area contributed by atoms with Crippen molar-refractivity contribution in [1.29, 1.82) is 0 Å². The van der Waals surface area contributed by atoms with Crippen molar-refractivity contribution < 1.29 is 14.3 Å². The van der Waals surface area contributed by atoms with Crippen molar-refractivity contribution in [3.63, 3.8) is 0 Å². The Balaban J connectivity index is 3.73. The molecule has 0 saturated carbocycles. The standard InChI is InChI=1S/C5H12NO3P/c1-2-4(6)5(7)3-10(8)9/h4,10H,2-3,6H2,1H3,(H,8,9)/t4-/m0/s1. The van der Waals surface area contributed by atoms with E-state index >= 15 is 0 Å². The highest BCUT2D eigenvalue weighted by Crippen LogP contribution is 2.12. The Morgan fingerprint density at radius 2 is 2.30 bits per heavy atom. The zero-order valence-electron chi connectivity index (χ0n) is 5.83. The highest BCUT2D eigenvalue weighted by molar-refractivity contribution is 7.39. The molecule has 0 aromatic heterocycles. The van der Waals surface area contributed by atoms with Crippen LogP contribution < -0.4 is 5.73 Å². The first kappa shape index (κ1) is 9.82. The van der Waals surface area contributed by atoms with Gasteiger partial charge in [0.05, 0.1) is 12.2 Å². The molecule has 0 saturated heterocycles. The number of Topliss-reactive ketones (excluding diaryl/α,β-unsaturated/α-hetero) is 1. The molecule has 2 atom stereocenters. The fraction of sp³-hybridized carbons (Fsp3) is 0.800. The van der Waals surface area contributed by atoms with Gasteiger partial charge >= 0.3 is 0 Å². The van der Waals surface area contributed by atoms with Crippen molar-refractivity contribution in [2.24, 2.45) is 5.73 Å².